The Bertz CT molecular complexity index is 799. The van der Waals surface area contributed by atoms with Crippen molar-refractivity contribution in [3.8, 4) is 0 Å². The van der Waals surface area contributed by atoms with Gasteiger partial charge in [-0.2, -0.15) is 0 Å². The molecule has 1 aromatic carbocycles. The van der Waals surface area contributed by atoms with E-state index in [4.69, 9.17) is 15.4 Å². The van der Waals surface area contributed by atoms with Crippen LogP contribution in [0.1, 0.15) is 39.2 Å². The third-order valence-corrected chi connectivity index (χ3v) is 4.96. The molecule has 1 amide bonds. The normalized spacial score (nSPS) is 17.6. The summed E-state index contributed by atoms with van der Waals surface area (Å²) >= 11 is 0. The Morgan fingerprint density at radius 1 is 1.36 bits per heavy atom. The van der Waals surface area contributed by atoms with E-state index in [1.807, 2.05) is 0 Å². The van der Waals surface area contributed by atoms with Gasteiger partial charge in [0.25, 0.3) is 9.05 Å². The van der Waals surface area contributed by atoms with Crippen LogP contribution in [0.15, 0.2) is 28.7 Å². The molecular weight excluding hydrogens is 369 g/mol. The Labute approximate surface area is 151 Å². The van der Waals surface area contributed by atoms with E-state index in [9.17, 15) is 17.6 Å². The number of benzene rings is 1. The van der Waals surface area contributed by atoms with Gasteiger partial charge in [-0.15, -0.1) is 0 Å². The second-order valence-electron chi connectivity index (χ2n) is 6.93. The maximum Gasteiger partial charge on any atom is 0.410 e. The van der Waals surface area contributed by atoms with Crippen molar-refractivity contribution in [2.45, 2.75) is 44.1 Å². The zero-order valence-electron chi connectivity index (χ0n) is 14.4. The predicted molar refractivity (Wildman–Crippen MR) is 94.5 cm³/mol. The summed E-state index contributed by atoms with van der Waals surface area (Å²) in [6.07, 6.45) is 2.54. The Balaban J connectivity index is 2.27. The number of hydrogen-bond donors (Lipinski definition) is 0. The van der Waals surface area contributed by atoms with Crippen molar-refractivity contribution >= 4 is 31.9 Å². The highest BCUT2D eigenvalue weighted by Crippen LogP contribution is 2.26. The largest absolute Gasteiger partial charge is 0.444 e. The lowest BCUT2D eigenvalue weighted by molar-refractivity contribution is 0.0247. The average molecular weight is 390 g/mol. The summed E-state index contributed by atoms with van der Waals surface area (Å²) in [5.74, 6) is -0.560. The van der Waals surface area contributed by atoms with Crippen molar-refractivity contribution < 1.29 is 22.3 Å². The zero-order valence-corrected chi connectivity index (χ0v) is 16.0. The highest BCUT2D eigenvalue weighted by atomic mass is 35.7. The van der Waals surface area contributed by atoms with Gasteiger partial charge >= 0.3 is 6.09 Å². The van der Waals surface area contributed by atoms with Crippen LogP contribution in [0.4, 0.5) is 9.18 Å². The summed E-state index contributed by atoms with van der Waals surface area (Å²) in [6.45, 7) is 6.21. The summed E-state index contributed by atoms with van der Waals surface area (Å²) < 4.78 is 42.2. The van der Waals surface area contributed by atoms with Gasteiger partial charge in [0.15, 0.2) is 0 Å². The quantitative estimate of drug-likeness (QED) is 0.712. The molecule has 0 radical (unpaired) electrons. The molecule has 0 N–H and O–H groups in total. The molecule has 138 valence electrons. The predicted octanol–water partition coefficient (Wildman–Crippen LogP) is 4.17. The van der Waals surface area contributed by atoms with E-state index in [1.54, 1.807) is 31.7 Å². The van der Waals surface area contributed by atoms with Gasteiger partial charge in [-0.25, -0.2) is 17.6 Å². The molecule has 1 saturated heterocycles. The van der Waals surface area contributed by atoms with Crippen LogP contribution in [-0.2, 0) is 13.8 Å². The van der Waals surface area contributed by atoms with Crippen LogP contribution >= 0.6 is 10.7 Å². The third-order valence-electron chi connectivity index (χ3n) is 3.57. The van der Waals surface area contributed by atoms with Crippen molar-refractivity contribution in [1.29, 1.82) is 0 Å². The first-order chi connectivity index (χ1) is 11.5. The number of halogens is 2. The fourth-order valence-electron chi connectivity index (χ4n) is 2.57. The van der Waals surface area contributed by atoms with Crippen LogP contribution in [-0.4, -0.2) is 38.1 Å². The number of carbonyl (C=O) groups is 1. The van der Waals surface area contributed by atoms with E-state index in [2.05, 4.69) is 0 Å². The zero-order chi connectivity index (χ0) is 18.8. The van der Waals surface area contributed by atoms with Crippen molar-refractivity contribution in [3.05, 3.63) is 35.2 Å². The van der Waals surface area contributed by atoms with Gasteiger partial charge in [0, 0.05) is 23.8 Å². The molecule has 0 spiro atoms. The van der Waals surface area contributed by atoms with E-state index < -0.39 is 26.6 Å². The minimum Gasteiger partial charge on any atom is -0.444 e. The molecule has 0 aromatic heterocycles. The van der Waals surface area contributed by atoms with Crippen LogP contribution in [0.25, 0.3) is 6.08 Å². The van der Waals surface area contributed by atoms with Crippen LogP contribution in [0, 0.1) is 5.82 Å². The lowest BCUT2D eigenvalue weighted by Crippen LogP contribution is -2.40. The number of ether oxygens (including phenoxy) is 1. The lowest BCUT2D eigenvalue weighted by atomic mass is 10.0. The monoisotopic (exact) mass is 389 g/mol. The number of rotatable bonds is 2. The van der Waals surface area contributed by atoms with Gasteiger partial charge in [-0.1, -0.05) is 11.6 Å². The summed E-state index contributed by atoms with van der Waals surface area (Å²) in [5.41, 5.74) is 0.390. The Morgan fingerprint density at radius 3 is 2.64 bits per heavy atom. The smallest absolute Gasteiger partial charge is 0.410 e. The molecule has 2 rings (SSSR count). The van der Waals surface area contributed by atoms with E-state index in [1.165, 1.54) is 0 Å². The van der Waals surface area contributed by atoms with Gasteiger partial charge < -0.3 is 9.64 Å². The molecule has 5 nitrogen and oxygen atoms in total. The van der Waals surface area contributed by atoms with Crippen molar-refractivity contribution in [1.82, 2.24) is 4.90 Å². The highest BCUT2D eigenvalue weighted by molar-refractivity contribution is 8.13. The number of piperidine rings is 1. The molecule has 8 heteroatoms. The number of amides is 1. The topological polar surface area (TPSA) is 63.7 Å². The molecule has 0 aliphatic carbocycles. The summed E-state index contributed by atoms with van der Waals surface area (Å²) in [6, 6.07) is 3.30. The average Bonchev–Trinajstić information content (AvgIpc) is 2.44. The molecule has 1 heterocycles. The van der Waals surface area contributed by atoms with Gasteiger partial charge in [-0.05, 0) is 57.4 Å². The molecule has 1 aliphatic heterocycles. The van der Waals surface area contributed by atoms with Gasteiger partial charge in [0.1, 0.15) is 11.4 Å². The third kappa shape index (κ3) is 5.71. The standard InChI is InChI=1S/C17H21ClFNO4S/c1-17(2,3)24-16(21)20-8-4-5-12(11-20)9-13-10-14(19)6-7-15(13)25(18,22)23/h6-7,9-10H,4-5,8,11H2,1-3H3/b12-9+. The minimum absolute atomic E-state index is 0.155. The van der Waals surface area contributed by atoms with Crippen LogP contribution in [0.2, 0.25) is 0 Å². The van der Waals surface area contributed by atoms with Crippen LogP contribution < -0.4 is 0 Å². The fraction of sp³-hybridized carbons (Fsp3) is 0.471. The second kappa shape index (κ2) is 7.33. The first-order valence-electron chi connectivity index (χ1n) is 7.87. The second-order valence-corrected chi connectivity index (χ2v) is 9.46. The Morgan fingerprint density at radius 2 is 2.04 bits per heavy atom. The summed E-state index contributed by atoms with van der Waals surface area (Å²) in [5, 5.41) is 0. The van der Waals surface area contributed by atoms with Gasteiger partial charge in [0.05, 0.1) is 4.90 Å². The number of hydrogen-bond acceptors (Lipinski definition) is 4. The van der Waals surface area contributed by atoms with Crippen molar-refractivity contribution in [3.63, 3.8) is 0 Å². The van der Waals surface area contributed by atoms with Crippen molar-refractivity contribution in [2.24, 2.45) is 0 Å². The number of nitrogens with zero attached hydrogens (tertiary/aromatic N) is 1. The first kappa shape index (κ1) is 19.7. The minimum atomic E-state index is -4.00. The van der Waals surface area contributed by atoms with E-state index in [0.717, 1.165) is 23.8 Å². The fourth-order valence-corrected chi connectivity index (χ4v) is 3.63. The summed E-state index contributed by atoms with van der Waals surface area (Å²) in [4.78, 5) is 13.6. The molecule has 1 aromatic rings. The Kier molecular flexibility index (Phi) is 5.79. The highest BCUT2D eigenvalue weighted by Gasteiger charge is 2.25. The lowest BCUT2D eigenvalue weighted by Gasteiger charge is -2.31. The SMILES string of the molecule is CC(C)(C)OC(=O)N1CCC/C(=C\c2cc(F)ccc2S(=O)(=O)Cl)C1. The molecular formula is C17H21ClFNO4S. The van der Waals surface area contributed by atoms with Crippen LogP contribution in [0.5, 0.6) is 0 Å². The van der Waals surface area contributed by atoms with Crippen LogP contribution in [0.3, 0.4) is 0 Å². The molecule has 25 heavy (non-hydrogen) atoms. The molecule has 0 bridgehead atoms. The van der Waals surface area contributed by atoms with Gasteiger partial charge in [0.2, 0.25) is 0 Å². The molecule has 0 unspecified atom stereocenters. The molecule has 1 aliphatic rings. The molecule has 0 atom stereocenters. The number of likely N-dealkylation sites (tertiary alicyclic amines) is 1. The maximum absolute atomic E-state index is 13.5. The summed E-state index contributed by atoms with van der Waals surface area (Å²) in [7, 11) is 1.42. The molecule has 0 saturated carbocycles. The van der Waals surface area contributed by atoms with E-state index in [0.29, 0.717) is 25.9 Å². The molecule has 1 fully saturated rings. The first-order valence-corrected chi connectivity index (χ1v) is 10.2. The van der Waals surface area contributed by atoms with E-state index >= 15 is 0 Å². The Hall–Kier alpha value is -1.60. The van der Waals surface area contributed by atoms with Gasteiger partial charge in [-0.3, -0.25) is 0 Å². The van der Waals surface area contributed by atoms with E-state index in [-0.39, 0.29) is 10.5 Å². The maximum atomic E-state index is 13.5. The van der Waals surface area contributed by atoms with Crippen molar-refractivity contribution in [2.75, 3.05) is 13.1 Å². The number of carbonyl (C=O) groups excluding carboxylic acids is 1.